The highest BCUT2D eigenvalue weighted by molar-refractivity contribution is 5.79. The number of aromatic nitrogens is 2. The monoisotopic (exact) mass is 225 g/mol. The SMILES string of the molecule is CC(C(=O)NCCCCCO)n1cccn1. The molecule has 0 aliphatic rings. The molecule has 0 aromatic carbocycles. The van der Waals surface area contributed by atoms with E-state index < -0.39 is 0 Å². The lowest BCUT2D eigenvalue weighted by atomic mass is 10.2. The van der Waals surface area contributed by atoms with Crippen LogP contribution in [0, 0.1) is 0 Å². The smallest absolute Gasteiger partial charge is 0.244 e. The average Bonchev–Trinajstić information content (AvgIpc) is 2.81. The lowest BCUT2D eigenvalue weighted by Crippen LogP contribution is -2.31. The Morgan fingerprint density at radius 2 is 2.31 bits per heavy atom. The largest absolute Gasteiger partial charge is 0.396 e. The van der Waals surface area contributed by atoms with Crippen molar-refractivity contribution < 1.29 is 9.90 Å². The van der Waals surface area contributed by atoms with Crippen LogP contribution in [0.2, 0.25) is 0 Å². The molecule has 0 saturated heterocycles. The number of aliphatic hydroxyl groups is 1. The Labute approximate surface area is 95.5 Å². The van der Waals surface area contributed by atoms with E-state index in [9.17, 15) is 4.79 Å². The Morgan fingerprint density at radius 3 is 2.94 bits per heavy atom. The number of nitrogens with zero attached hydrogens (tertiary/aromatic N) is 2. The van der Waals surface area contributed by atoms with Crippen molar-refractivity contribution in [2.75, 3.05) is 13.2 Å². The number of carbonyl (C=O) groups is 1. The summed E-state index contributed by atoms with van der Waals surface area (Å²) in [6, 6.07) is 1.53. The van der Waals surface area contributed by atoms with Gasteiger partial charge in [0.05, 0.1) is 0 Å². The van der Waals surface area contributed by atoms with Gasteiger partial charge in [-0.2, -0.15) is 5.10 Å². The van der Waals surface area contributed by atoms with Crippen LogP contribution >= 0.6 is 0 Å². The zero-order valence-electron chi connectivity index (χ0n) is 9.59. The summed E-state index contributed by atoms with van der Waals surface area (Å²) < 4.78 is 1.63. The number of hydrogen-bond donors (Lipinski definition) is 2. The molecule has 0 saturated carbocycles. The molecule has 1 unspecified atom stereocenters. The number of carbonyl (C=O) groups excluding carboxylic acids is 1. The summed E-state index contributed by atoms with van der Waals surface area (Å²) in [7, 11) is 0. The van der Waals surface area contributed by atoms with Gasteiger partial charge in [0.15, 0.2) is 0 Å². The van der Waals surface area contributed by atoms with Gasteiger partial charge in [-0.1, -0.05) is 0 Å². The first kappa shape index (κ1) is 12.7. The highest BCUT2D eigenvalue weighted by atomic mass is 16.2. The van der Waals surface area contributed by atoms with Crippen LogP contribution in [0.1, 0.15) is 32.2 Å². The summed E-state index contributed by atoms with van der Waals surface area (Å²) in [5.41, 5.74) is 0. The number of amides is 1. The normalized spacial score (nSPS) is 12.4. The van der Waals surface area contributed by atoms with E-state index in [1.165, 1.54) is 0 Å². The molecular weight excluding hydrogens is 206 g/mol. The number of rotatable bonds is 7. The molecule has 0 fully saturated rings. The first-order valence-corrected chi connectivity index (χ1v) is 5.63. The second kappa shape index (κ2) is 7.00. The Balaban J connectivity index is 2.20. The van der Waals surface area contributed by atoms with Gasteiger partial charge in [0.1, 0.15) is 6.04 Å². The van der Waals surface area contributed by atoms with E-state index in [-0.39, 0.29) is 18.6 Å². The number of hydrogen-bond acceptors (Lipinski definition) is 3. The summed E-state index contributed by atoms with van der Waals surface area (Å²) in [4.78, 5) is 11.7. The molecule has 0 spiro atoms. The van der Waals surface area contributed by atoms with Gasteiger partial charge in [0.25, 0.3) is 0 Å². The summed E-state index contributed by atoms with van der Waals surface area (Å²) in [6.45, 7) is 2.69. The topological polar surface area (TPSA) is 67.2 Å². The third-order valence-corrected chi connectivity index (χ3v) is 2.44. The van der Waals surface area contributed by atoms with E-state index in [0.717, 1.165) is 19.3 Å². The lowest BCUT2D eigenvalue weighted by Gasteiger charge is -2.12. The zero-order chi connectivity index (χ0) is 11.8. The molecule has 1 rings (SSSR count). The van der Waals surface area contributed by atoms with Crippen molar-refractivity contribution in [1.82, 2.24) is 15.1 Å². The molecule has 5 nitrogen and oxygen atoms in total. The van der Waals surface area contributed by atoms with Crippen LogP contribution in [0.4, 0.5) is 0 Å². The van der Waals surface area contributed by atoms with Gasteiger partial charge in [-0.25, -0.2) is 0 Å². The van der Waals surface area contributed by atoms with Crippen molar-refractivity contribution in [3.8, 4) is 0 Å². The second-order valence-electron chi connectivity index (χ2n) is 3.74. The van der Waals surface area contributed by atoms with E-state index in [1.54, 1.807) is 23.1 Å². The molecule has 1 atom stereocenters. The lowest BCUT2D eigenvalue weighted by molar-refractivity contribution is -0.124. The van der Waals surface area contributed by atoms with Crippen molar-refractivity contribution in [2.45, 2.75) is 32.2 Å². The molecule has 2 N–H and O–H groups in total. The Hall–Kier alpha value is -1.36. The van der Waals surface area contributed by atoms with Crippen molar-refractivity contribution >= 4 is 5.91 Å². The van der Waals surface area contributed by atoms with E-state index in [2.05, 4.69) is 10.4 Å². The molecule has 1 amide bonds. The van der Waals surface area contributed by atoms with Gasteiger partial charge in [0.2, 0.25) is 5.91 Å². The third kappa shape index (κ3) is 4.02. The van der Waals surface area contributed by atoms with Crippen LogP contribution in [-0.2, 0) is 4.79 Å². The fourth-order valence-corrected chi connectivity index (χ4v) is 1.40. The summed E-state index contributed by atoms with van der Waals surface area (Å²) in [6.07, 6.45) is 6.07. The Bertz CT molecular complexity index is 298. The van der Waals surface area contributed by atoms with Gasteiger partial charge in [-0.15, -0.1) is 0 Å². The average molecular weight is 225 g/mol. The molecule has 0 radical (unpaired) electrons. The maximum absolute atomic E-state index is 11.7. The molecule has 0 bridgehead atoms. The van der Waals surface area contributed by atoms with E-state index >= 15 is 0 Å². The second-order valence-corrected chi connectivity index (χ2v) is 3.74. The van der Waals surface area contributed by atoms with Crippen LogP contribution < -0.4 is 5.32 Å². The summed E-state index contributed by atoms with van der Waals surface area (Å²) in [5.74, 6) is -0.0206. The van der Waals surface area contributed by atoms with Gasteiger partial charge in [-0.05, 0) is 32.3 Å². The number of nitrogens with one attached hydrogen (secondary N) is 1. The molecular formula is C11H19N3O2. The van der Waals surface area contributed by atoms with Crippen LogP contribution in [0.3, 0.4) is 0 Å². The Kier molecular flexibility index (Phi) is 5.56. The first-order chi connectivity index (χ1) is 7.75. The number of unbranched alkanes of at least 4 members (excludes halogenated alkanes) is 2. The fourth-order valence-electron chi connectivity index (χ4n) is 1.40. The molecule has 16 heavy (non-hydrogen) atoms. The molecule has 1 aromatic rings. The van der Waals surface area contributed by atoms with Crippen molar-refractivity contribution in [1.29, 1.82) is 0 Å². The fraction of sp³-hybridized carbons (Fsp3) is 0.636. The molecule has 90 valence electrons. The van der Waals surface area contributed by atoms with Crippen molar-refractivity contribution in [2.24, 2.45) is 0 Å². The minimum absolute atomic E-state index is 0.0206. The quantitative estimate of drug-likeness (QED) is 0.672. The molecule has 0 aliphatic carbocycles. The summed E-state index contributed by atoms with van der Waals surface area (Å²) in [5, 5.41) is 15.5. The van der Waals surface area contributed by atoms with Crippen LogP contribution in [0.15, 0.2) is 18.5 Å². The number of aliphatic hydroxyl groups excluding tert-OH is 1. The minimum atomic E-state index is -0.271. The van der Waals surface area contributed by atoms with Crippen molar-refractivity contribution in [3.63, 3.8) is 0 Å². The minimum Gasteiger partial charge on any atom is -0.396 e. The molecule has 5 heteroatoms. The van der Waals surface area contributed by atoms with E-state index in [1.807, 2.05) is 6.92 Å². The van der Waals surface area contributed by atoms with Gasteiger partial charge in [0, 0.05) is 25.5 Å². The van der Waals surface area contributed by atoms with E-state index in [0.29, 0.717) is 6.54 Å². The summed E-state index contributed by atoms with van der Waals surface area (Å²) >= 11 is 0. The standard InChI is InChI=1S/C11H19N3O2/c1-10(14-8-5-7-13-14)11(16)12-6-3-2-4-9-15/h5,7-8,10,15H,2-4,6,9H2,1H3,(H,12,16). The first-order valence-electron chi connectivity index (χ1n) is 5.63. The Morgan fingerprint density at radius 1 is 1.50 bits per heavy atom. The maximum atomic E-state index is 11.7. The van der Waals surface area contributed by atoms with Crippen molar-refractivity contribution in [3.05, 3.63) is 18.5 Å². The van der Waals surface area contributed by atoms with Crippen LogP contribution in [-0.4, -0.2) is 33.9 Å². The molecule has 1 aromatic heterocycles. The van der Waals surface area contributed by atoms with Crippen LogP contribution in [0.25, 0.3) is 0 Å². The molecule has 0 aliphatic heterocycles. The molecule has 1 heterocycles. The highest BCUT2D eigenvalue weighted by Crippen LogP contribution is 2.02. The zero-order valence-corrected chi connectivity index (χ0v) is 9.59. The van der Waals surface area contributed by atoms with Crippen LogP contribution in [0.5, 0.6) is 0 Å². The third-order valence-electron chi connectivity index (χ3n) is 2.44. The van der Waals surface area contributed by atoms with Gasteiger partial charge >= 0.3 is 0 Å². The predicted octanol–water partition coefficient (Wildman–Crippen LogP) is 0.723. The van der Waals surface area contributed by atoms with Gasteiger partial charge < -0.3 is 10.4 Å². The van der Waals surface area contributed by atoms with Gasteiger partial charge in [-0.3, -0.25) is 9.48 Å². The van der Waals surface area contributed by atoms with E-state index in [4.69, 9.17) is 5.11 Å². The highest BCUT2D eigenvalue weighted by Gasteiger charge is 2.13. The predicted molar refractivity (Wildman–Crippen MR) is 60.9 cm³/mol. The maximum Gasteiger partial charge on any atom is 0.244 e.